The van der Waals surface area contributed by atoms with E-state index in [0.29, 0.717) is 19.4 Å². The monoisotopic (exact) mass is 302 g/mol. The molecule has 0 rings (SSSR count). The van der Waals surface area contributed by atoms with Gasteiger partial charge in [0.15, 0.2) is 0 Å². The Kier molecular flexibility index (Phi) is 9.31. The number of carbonyl (C=O) groups is 3. The first-order chi connectivity index (χ1) is 9.79. The molecule has 0 fully saturated rings. The molecule has 2 atom stereocenters. The molecule has 0 aromatic carbocycles. The van der Waals surface area contributed by atoms with Gasteiger partial charge in [-0.3, -0.25) is 14.4 Å². The first-order valence-electron chi connectivity index (χ1n) is 7.05. The van der Waals surface area contributed by atoms with Gasteiger partial charge in [-0.2, -0.15) is 0 Å². The third-order valence-electron chi connectivity index (χ3n) is 3.01. The van der Waals surface area contributed by atoms with Gasteiger partial charge in [-0.15, -0.1) is 0 Å². The van der Waals surface area contributed by atoms with E-state index in [-0.39, 0.29) is 5.92 Å². The molecule has 0 radical (unpaired) electrons. The molecule has 0 aromatic rings. The zero-order chi connectivity index (χ0) is 16.4. The van der Waals surface area contributed by atoms with Gasteiger partial charge in [0.05, 0.1) is 6.04 Å². The van der Waals surface area contributed by atoms with Crippen LogP contribution in [0.4, 0.5) is 0 Å². The van der Waals surface area contributed by atoms with E-state index in [1.54, 1.807) is 13.8 Å². The van der Waals surface area contributed by atoms with E-state index in [2.05, 4.69) is 10.6 Å². The predicted molar refractivity (Wildman–Crippen MR) is 78.3 cm³/mol. The third kappa shape index (κ3) is 8.26. The van der Waals surface area contributed by atoms with E-state index in [9.17, 15) is 14.4 Å². The summed E-state index contributed by atoms with van der Waals surface area (Å²) < 4.78 is 0. The Morgan fingerprint density at radius 1 is 1.14 bits per heavy atom. The van der Waals surface area contributed by atoms with Crippen molar-refractivity contribution in [2.45, 2.75) is 45.2 Å². The molecule has 8 nitrogen and oxygen atoms in total. The van der Waals surface area contributed by atoms with Gasteiger partial charge in [-0.05, 0) is 31.7 Å². The second-order valence-corrected chi connectivity index (χ2v) is 5.23. The number of nitrogens with two attached hydrogens (primary N) is 2. The van der Waals surface area contributed by atoms with Crippen molar-refractivity contribution in [3.05, 3.63) is 0 Å². The maximum Gasteiger partial charge on any atom is 0.322 e. The zero-order valence-electron chi connectivity index (χ0n) is 12.6. The maximum absolute atomic E-state index is 11.9. The minimum absolute atomic E-state index is 0.0585. The number of unbranched alkanes of at least 4 members (excludes halogenated alkanes) is 1. The Bertz CT molecular complexity index is 360. The van der Waals surface area contributed by atoms with Gasteiger partial charge in [0.25, 0.3) is 0 Å². The summed E-state index contributed by atoms with van der Waals surface area (Å²) in [6, 6.07) is -1.51. The molecule has 8 heteroatoms. The van der Waals surface area contributed by atoms with E-state index in [1.807, 2.05) is 0 Å². The highest BCUT2D eigenvalue weighted by Crippen LogP contribution is 2.04. The van der Waals surface area contributed by atoms with Crippen LogP contribution in [0, 0.1) is 5.92 Å². The van der Waals surface area contributed by atoms with Gasteiger partial charge >= 0.3 is 5.97 Å². The van der Waals surface area contributed by atoms with Crippen molar-refractivity contribution in [1.29, 1.82) is 0 Å². The summed E-state index contributed by atoms with van der Waals surface area (Å²) in [5.41, 5.74) is 11.1. The molecule has 0 bridgehead atoms. The van der Waals surface area contributed by atoms with Crippen molar-refractivity contribution in [3.8, 4) is 0 Å². The minimum atomic E-state index is -1.14. The maximum atomic E-state index is 11.9. The lowest BCUT2D eigenvalue weighted by atomic mass is 10.0. The molecule has 21 heavy (non-hydrogen) atoms. The van der Waals surface area contributed by atoms with E-state index < -0.39 is 36.4 Å². The number of carboxylic acids is 1. The third-order valence-corrected chi connectivity index (χ3v) is 3.01. The lowest BCUT2D eigenvalue weighted by Crippen LogP contribution is -2.53. The number of rotatable bonds is 10. The first kappa shape index (κ1) is 19.3. The molecule has 0 aliphatic rings. The minimum Gasteiger partial charge on any atom is -0.480 e. The molecule has 0 saturated carbocycles. The second-order valence-electron chi connectivity index (χ2n) is 5.23. The molecule has 0 spiro atoms. The first-order valence-corrected chi connectivity index (χ1v) is 7.05. The van der Waals surface area contributed by atoms with Gasteiger partial charge in [0.1, 0.15) is 12.6 Å². The van der Waals surface area contributed by atoms with Crippen LogP contribution >= 0.6 is 0 Å². The van der Waals surface area contributed by atoms with Crippen LogP contribution < -0.4 is 22.1 Å². The van der Waals surface area contributed by atoms with Crippen molar-refractivity contribution in [3.63, 3.8) is 0 Å². The number of aliphatic carboxylic acids is 1. The van der Waals surface area contributed by atoms with Crippen LogP contribution in [0.1, 0.15) is 33.1 Å². The Hall–Kier alpha value is -1.67. The highest BCUT2D eigenvalue weighted by molar-refractivity contribution is 5.91. The van der Waals surface area contributed by atoms with Crippen LogP contribution in [0.2, 0.25) is 0 Å². The lowest BCUT2D eigenvalue weighted by Gasteiger charge is -2.21. The number of amides is 2. The number of carbonyl (C=O) groups excluding carboxylic acids is 2. The van der Waals surface area contributed by atoms with Crippen molar-refractivity contribution in [2.75, 3.05) is 13.1 Å². The molecular formula is C13H26N4O4. The number of hydrogen-bond acceptors (Lipinski definition) is 5. The molecule has 2 amide bonds. The van der Waals surface area contributed by atoms with Gasteiger partial charge in [-0.1, -0.05) is 13.8 Å². The Balaban J connectivity index is 4.60. The highest BCUT2D eigenvalue weighted by atomic mass is 16.4. The molecule has 0 aromatic heterocycles. The Morgan fingerprint density at radius 3 is 2.24 bits per heavy atom. The molecule has 0 saturated heterocycles. The Labute approximate surface area is 124 Å². The molecule has 122 valence electrons. The number of nitrogens with one attached hydrogen (secondary N) is 2. The Morgan fingerprint density at radius 2 is 1.76 bits per heavy atom. The van der Waals surface area contributed by atoms with E-state index in [4.69, 9.17) is 16.6 Å². The van der Waals surface area contributed by atoms with Gasteiger partial charge < -0.3 is 27.2 Å². The average molecular weight is 302 g/mol. The van der Waals surface area contributed by atoms with Crippen LogP contribution in [-0.4, -0.2) is 48.1 Å². The SMILES string of the molecule is CC(C)C(N)C(=O)NC(CCCCN)C(=O)NCC(=O)O. The van der Waals surface area contributed by atoms with E-state index in [0.717, 1.165) is 6.42 Å². The number of carboxylic acid groups (broad SMARTS) is 1. The largest absolute Gasteiger partial charge is 0.480 e. The van der Waals surface area contributed by atoms with Crippen LogP contribution in [-0.2, 0) is 14.4 Å². The van der Waals surface area contributed by atoms with Crippen LogP contribution in [0.5, 0.6) is 0 Å². The van der Waals surface area contributed by atoms with Gasteiger partial charge in [0, 0.05) is 0 Å². The van der Waals surface area contributed by atoms with Crippen LogP contribution in [0.15, 0.2) is 0 Å². The highest BCUT2D eigenvalue weighted by Gasteiger charge is 2.24. The summed E-state index contributed by atoms with van der Waals surface area (Å²) in [5, 5.41) is 13.4. The van der Waals surface area contributed by atoms with E-state index >= 15 is 0 Å². The zero-order valence-corrected chi connectivity index (χ0v) is 12.6. The fraction of sp³-hybridized carbons (Fsp3) is 0.769. The molecule has 7 N–H and O–H groups in total. The molecule has 0 aliphatic heterocycles. The summed E-state index contributed by atoms with van der Waals surface area (Å²) in [7, 11) is 0. The predicted octanol–water partition coefficient (Wildman–Crippen LogP) is -1.22. The van der Waals surface area contributed by atoms with Crippen molar-refractivity contribution in [1.82, 2.24) is 10.6 Å². The summed E-state index contributed by atoms with van der Waals surface area (Å²) >= 11 is 0. The number of hydrogen-bond donors (Lipinski definition) is 5. The average Bonchev–Trinajstić information content (AvgIpc) is 2.42. The van der Waals surface area contributed by atoms with Gasteiger partial charge in [-0.25, -0.2) is 0 Å². The van der Waals surface area contributed by atoms with Crippen LogP contribution in [0.3, 0.4) is 0 Å². The lowest BCUT2D eigenvalue weighted by molar-refractivity contribution is -0.138. The molecular weight excluding hydrogens is 276 g/mol. The standard InChI is InChI=1S/C13H26N4O4/c1-8(2)11(15)13(21)17-9(5-3-4-6-14)12(20)16-7-10(18)19/h8-9,11H,3-7,14-15H2,1-2H3,(H,16,20)(H,17,21)(H,18,19). The topological polar surface area (TPSA) is 148 Å². The molecule has 0 aliphatic carbocycles. The summed E-state index contributed by atoms with van der Waals surface area (Å²) in [6.07, 6.45) is 1.76. The smallest absolute Gasteiger partial charge is 0.322 e. The summed E-state index contributed by atoms with van der Waals surface area (Å²) in [6.45, 7) is 3.61. The van der Waals surface area contributed by atoms with Crippen molar-refractivity contribution >= 4 is 17.8 Å². The van der Waals surface area contributed by atoms with E-state index in [1.165, 1.54) is 0 Å². The summed E-state index contributed by atoms with van der Waals surface area (Å²) in [4.78, 5) is 34.3. The fourth-order valence-corrected chi connectivity index (χ4v) is 1.62. The quantitative estimate of drug-likeness (QED) is 0.320. The fourth-order valence-electron chi connectivity index (χ4n) is 1.62. The summed E-state index contributed by atoms with van der Waals surface area (Å²) in [5.74, 6) is -2.15. The van der Waals surface area contributed by atoms with Gasteiger partial charge in [0.2, 0.25) is 11.8 Å². The van der Waals surface area contributed by atoms with Crippen LogP contribution in [0.25, 0.3) is 0 Å². The normalized spacial score (nSPS) is 13.6. The van der Waals surface area contributed by atoms with Crippen molar-refractivity contribution < 1.29 is 19.5 Å². The molecule has 2 unspecified atom stereocenters. The van der Waals surface area contributed by atoms with Crippen molar-refractivity contribution in [2.24, 2.45) is 17.4 Å². The molecule has 0 heterocycles. The second kappa shape index (κ2) is 10.1.